The molecule has 1 aromatic heterocycles. The summed E-state index contributed by atoms with van der Waals surface area (Å²) in [5.74, 6) is -0.543. The lowest BCUT2D eigenvalue weighted by molar-refractivity contribution is 0.0690. The molecule has 0 aliphatic carbocycles. The van der Waals surface area contributed by atoms with E-state index in [-0.39, 0.29) is 5.56 Å². The van der Waals surface area contributed by atoms with Gasteiger partial charge in [-0.15, -0.1) is 0 Å². The minimum absolute atomic E-state index is 0.180. The molecule has 0 atom stereocenters. The van der Waals surface area contributed by atoms with Crippen LogP contribution in [0.1, 0.15) is 60.8 Å². The number of rotatable bonds is 8. The molecule has 1 N–H and O–H groups in total. The number of pyridine rings is 1. The Morgan fingerprint density at radius 1 is 1.26 bits per heavy atom. The van der Waals surface area contributed by atoms with Crippen LogP contribution in [0.15, 0.2) is 6.07 Å². The van der Waals surface area contributed by atoms with Gasteiger partial charge in [0, 0.05) is 11.8 Å². The second kappa shape index (κ2) is 7.77. The predicted octanol–water partition coefficient (Wildman–Crippen LogP) is 3.75. The molecule has 0 fully saturated rings. The lowest BCUT2D eigenvalue weighted by Crippen LogP contribution is -2.08. The highest BCUT2D eigenvalue weighted by Crippen LogP contribution is 2.22. The zero-order valence-corrected chi connectivity index (χ0v) is 12.0. The van der Waals surface area contributed by atoms with Crippen molar-refractivity contribution in [3.8, 4) is 5.75 Å². The van der Waals surface area contributed by atoms with Gasteiger partial charge in [-0.2, -0.15) is 0 Å². The Balaban J connectivity index is 2.59. The summed E-state index contributed by atoms with van der Waals surface area (Å²) in [5, 5.41) is 9.19. The fourth-order valence-electron chi connectivity index (χ4n) is 2.05. The molecule has 0 aliphatic heterocycles. The monoisotopic (exact) mass is 265 g/mol. The first-order chi connectivity index (χ1) is 9.06. The van der Waals surface area contributed by atoms with Crippen LogP contribution in [0.2, 0.25) is 0 Å². The van der Waals surface area contributed by atoms with E-state index < -0.39 is 5.97 Å². The number of hydrogen-bond donors (Lipinski definition) is 1. The highest BCUT2D eigenvalue weighted by atomic mass is 16.5. The molecule has 19 heavy (non-hydrogen) atoms. The molecule has 1 heterocycles. The lowest BCUT2D eigenvalue weighted by atomic mass is 10.1. The summed E-state index contributed by atoms with van der Waals surface area (Å²) >= 11 is 0. The van der Waals surface area contributed by atoms with Crippen molar-refractivity contribution < 1.29 is 14.6 Å². The third kappa shape index (κ3) is 4.89. The van der Waals surface area contributed by atoms with Crippen molar-refractivity contribution in [2.45, 2.75) is 52.9 Å². The molecule has 0 spiro atoms. The van der Waals surface area contributed by atoms with E-state index in [0.717, 1.165) is 18.5 Å². The average Bonchev–Trinajstić information content (AvgIpc) is 2.32. The minimum atomic E-state index is -0.981. The molecule has 0 amide bonds. The first-order valence-electron chi connectivity index (χ1n) is 6.90. The number of ether oxygens (including phenoxy) is 1. The summed E-state index contributed by atoms with van der Waals surface area (Å²) in [4.78, 5) is 15.4. The Morgan fingerprint density at radius 3 is 2.58 bits per heavy atom. The van der Waals surface area contributed by atoms with Crippen molar-refractivity contribution >= 4 is 5.97 Å². The highest BCUT2D eigenvalue weighted by Gasteiger charge is 2.16. The summed E-state index contributed by atoms with van der Waals surface area (Å²) in [5.41, 5.74) is 1.47. The van der Waals surface area contributed by atoms with Gasteiger partial charge in [0.25, 0.3) is 0 Å². The van der Waals surface area contributed by atoms with Gasteiger partial charge in [0.15, 0.2) is 0 Å². The van der Waals surface area contributed by atoms with Gasteiger partial charge in [0.1, 0.15) is 11.3 Å². The molecule has 0 aromatic carbocycles. The standard InChI is InChI=1S/C15H23NO3/c1-4-5-6-7-8-9-19-13-10-11(2)16-12(3)14(13)15(17)18/h10H,4-9H2,1-3H3,(H,17,18). The smallest absolute Gasteiger partial charge is 0.341 e. The summed E-state index contributed by atoms with van der Waals surface area (Å²) in [6, 6.07) is 1.70. The van der Waals surface area contributed by atoms with Crippen LogP contribution in [0.4, 0.5) is 0 Å². The van der Waals surface area contributed by atoms with E-state index in [1.165, 1.54) is 19.3 Å². The molecule has 0 saturated carbocycles. The summed E-state index contributed by atoms with van der Waals surface area (Å²) in [6.45, 7) is 6.28. The fourth-order valence-corrected chi connectivity index (χ4v) is 2.05. The van der Waals surface area contributed by atoms with Crippen molar-refractivity contribution in [3.63, 3.8) is 0 Å². The van der Waals surface area contributed by atoms with Crippen molar-refractivity contribution in [2.75, 3.05) is 6.61 Å². The van der Waals surface area contributed by atoms with Gasteiger partial charge in [-0.1, -0.05) is 32.6 Å². The normalized spacial score (nSPS) is 10.5. The van der Waals surface area contributed by atoms with Crippen LogP contribution >= 0.6 is 0 Å². The number of carboxylic acid groups (broad SMARTS) is 1. The summed E-state index contributed by atoms with van der Waals surface area (Å²) in [6.07, 6.45) is 5.75. The zero-order chi connectivity index (χ0) is 14.3. The van der Waals surface area contributed by atoms with Crippen LogP contribution in [0.3, 0.4) is 0 Å². The number of carbonyl (C=O) groups is 1. The molecule has 1 aromatic rings. The van der Waals surface area contributed by atoms with E-state index in [1.807, 2.05) is 6.92 Å². The Labute approximate surface area is 114 Å². The molecular formula is C15H23NO3. The third-order valence-corrected chi connectivity index (χ3v) is 3.01. The number of aryl methyl sites for hydroxylation is 2. The number of hydrogen-bond acceptors (Lipinski definition) is 3. The van der Waals surface area contributed by atoms with Crippen LogP contribution in [0, 0.1) is 13.8 Å². The first-order valence-corrected chi connectivity index (χ1v) is 6.90. The van der Waals surface area contributed by atoms with Gasteiger partial charge in [-0.3, -0.25) is 4.98 Å². The van der Waals surface area contributed by atoms with E-state index in [0.29, 0.717) is 18.1 Å². The molecule has 0 bridgehead atoms. The second-order valence-electron chi connectivity index (χ2n) is 4.79. The van der Waals surface area contributed by atoms with E-state index in [2.05, 4.69) is 11.9 Å². The van der Waals surface area contributed by atoms with Crippen molar-refractivity contribution in [1.29, 1.82) is 0 Å². The Hall–Kier alpha value is -1.58. The minimum Gasteiger partial charge on any atom is -0.493 e. The van der Waals surface area contributed by atoms with Crippen LogP contribution in [-0.2, 0) is 0 Å². The molecule has 1 rings (SSSR count). The quantitative estimate of drug-likeness (QED) is 0.727. The molecule has 0 unspecified atom stereocenters. The van der Waals surface area contributed by atoms with Crippen LogP contribution < -0.4 is 4.74 Å². The van der Waals surface area contributed by atoms with Gasteiger partial charge in [-0.05, 0) is 20.3 Å². The van der Waals surface area contributed by atoms with E-state index in [9.17, 15) is 9.90 Å². The zero-order valence-electron chi connectivity index (χ0n) is 12.0. The Bertz CT molecular complexity index is 430. The molecule has 4 heteroatoms. The fraction of sp³-hybridized carbons (Fsp3) is 0.600. The number of aromatic carboxylic acids is 1. The molecule has 0 aliphatic rings. The maximum atomic E-state index is 11.2. The number of aromatic nitrogens is 1. The van der Waals surface area contributed by atoms with Gasteiger partial charge >= 0.3 is 5.97 Å². The Morgan fingerprint density at radius 2 is 1.95 bits per heavy atom. The summed E-state index contributed by atoms with van der Waals surface area (Å²) in [7, 11) is 0. The largest absolute Gasteiger partial charge is 0.493 e. The number of carboxylic acids is 1. The first kappa shape index (κ1) is 15.5. The van der Waals surface area contributed by atoms with Gasteiger partial charge in [0.05, 0.1) is 12.3 Å². The van der Waals surface area contributed by atoms with E-state index in [4.69, 9.17) is 4.74 Å². The maximum Gasteiger partial charge on any atom is 0.341 e. The van der Waals surface area contributed by atoms with E-state index >= 15 is 0 Å². The average molecular weight is 265 g/mol. The molecular weight excluding hydrogens is 242 g/mol. The van der Waals surface area contributed by atoms with Crippen molar-refractivity contribution in [3.05, 3.63) is 23.0 Å². The van der Waals surface area contributed by atoms with Crippen LogP contribution in [-0.4, -0.2) is 22.7 Å². The third-order valence-electron chi connectivity index (χ3n) is 3.01. The van der Waals surface area contributed by atoms with Gasteiger partial charge < -0.3 is 9.84 Å². The predicted molar refractivity (Wildman–Crippen MR) is 74.9 cm³/mol. The highest BCUT2D eigenvalue weighted by molar-refractivity contribution is 5.92. The van der Waals surface area contributed by atoms with Crippen molar-refractivity contribution in [1.82, 2.24) is 4.98 Å². The number of unbranched alkanes of at least 4 members (excludes halogenated alkanes) is 4. The molecule has 106 valence electrons. The molecule has 0 saturated heterocycles. The molecule has 4 nitrogen and oxygen atoms in total. The van der Waals surface area contributed by atoms with Gasteiger partial charge in [-0.25, -0.2) is 4.79 Å². The Kier molecular flexibility index (Phi) is 6.33. The maximum absolute atomic E-state index is 11.2. The van der Waals surface area contributed by atoms with Crippen molar-refractivity contribution in [2.24, 2.45) is 0 Å². The topological polar surface area (TPSA) is 59.4 Å². The summed E-state index contributed by atoms with van der Waals surface area (Å²) < 4.78 is 5.62. The van der Waals surface area contributed by atoms with E-state index in [1.54, 1.807) is 13.0 Å². The van der Waals surface area contributed by atoms with Gasteiger partial charge in [0.2, 0.25) is 0 Å². The van der Waals surface area contributed by atoms with Crippen LogP contribution in [0.5, 0.6) is 5.75 Å². The number of nitrogens with zero attached hydrogens (tertiary/aromatic N) is 1. The SMILES string of the molecule is CCCCCCCOc1cc(C)nc(C)c1C(=O)O. The molecule has 0 radical (unpaired) electrons. The lowest BCUT2D eigenvalue weighted by Gasteiger charge is -2.11. The van der Waals surface area contributed by atoms with Crippen LogP contribution in [0.25, 0.3) is 0 Å². The second-order valence-corrected chi connectivity index (χ2v) is 4.79.